The van der Waals surface area contributed by atoms with Crippen LogP contribution < -0.4 is 5.32 Å². The molecule has 2 aliphatic heterocycles. The monoisotopic (exact) mass is 438 g/mol. The van der Waals surface area contributed by atoms with E-state index >= 15 is 0 Å². The van der Waals surface area contributed by atoms with E-state index in [0.29, 0.717) is 0 Å². The molecule has 0 aromatic carbocycles. The van der Waals surface area contributed by atoms with Gasteiger partial charge in [-0.25, -0.2) is 9.97 Å². The summed E-state index contributed by atoms with van der Waals surface area (Å²) in [6.45, 7) is 17.3. The van der Waals surface area contributed by atoms with Crippen LogP contribution in [0.5, 0.6) is 0 Å². The van der Waals surface area contributed by atoms with Crippen LogP contribution >= 0.6 is 0 Å². The summed E-state index contributed by atoms with van der Waals surface area (Å²) in [5.74, 6) is 1.81. The molecule has 0 saturated carbocycles. The first-order valence-corrected chi connectivity index (χ1v) is 12.4. The Morgan fingerprint density at radius 3 is 2.50 bits per heavy atom. The van der Waals surface area contributed by atoms with Crippen molar-refractivity contribution in [1.29, 1.82) is 0 Å². The molecule has 0 unspecified atom stereocenters. The Morgan fingerprint density at radius 2 is 1.84 bits per heavy atom. The van der Waals surface area contributed by atoms with Gasteiger partial charge in [-0.1, -0.05) is 26.5 Å². The first kappa shape index (κ1) is 24.5. The number of likely N-dealkylation sites (tertiary alicyclic amines) is 1. The van der Waals surface area contributed by atoms with Gasteiger partial charge in [0.2, 0.25) is 0 Å². The molecule has 0 aliphatic carbocycles. The van der Waals surface area contributed by atoms with Crippen LogP contribution in [0.1, 0.15) is 50.9 Å². The number of hydrogen-bond acceptors (Lipinski definition) is 6. The summed E-state index contributed by atoms with van der Waals surface area (Å²) in [6, 6.07) is 0. The van der Waals surface area contributed by atoms with Crippen LogP contribution in [0, 0.1) is 0 Å². The van der Waals surface area contributed by atoms with Crippen LogP contribution in [0.3, 0.4) is 0 Å². The maximum atomic E-state index is 4.93. The lowest BCUT2D eigenvalue weighted by Gasteiger charge is -2.34. The third-order valence-electron chi connectivity index (χ3n) is 6.59. The molecule has 0 atom stereocenters. The maximum absolute atomic E-state index is 4.93. The van der Waals surface area contributed by atoms with Gasteiger partial charge >= 0.3 is 0 Å². The summed E-state index contributed by atoms with van der Waals surface area (Å²) in [5, 5.41) is 3.59. The summed E-state index contributed by atoms with van der Waals surface area (Å²) in [5.41, 5.74) is 3.51. The van der Waals surface area contributed by atoms with E-state index in [1.54, 1.807) is 0 Å². The minimum atomic E-state index is 0.824. The van der Waals surface area contributed by atoms with Gasteiger partial charge in [0.25, 0.3) is 0 Å². The largest absolute Gasteiger partial charge is 0.370 e. The average Bonchev–Trinajstić information content (AvgIpc) is 3.34. The van der Waals surface area contributed by atoms with Gasteiger partial charge in [0, 0.05) is 50.2 Å². The Hall–Kier alpha value is -2.18. The highest BCUT2D eigenvalue weighted by atomic mass is 15.2. The highest BCUT2D eigenvalue weighted by Gasteiger charge is 2.15. The predicted octanol–water partition coefficient (Wildman–Crippen LogP) is 4.05. The number of piperazine rings is 1. The van der Waals surface area contributed by atoms with Gasteiger partial charge in [0.05, 0.1) is 0 Å². The van der Waals surface area contributed by atoms with Crippen LogP contribution in [0.15, 0.2) is 36.7 Å². The zero-order chi connectivity index (χ0) is 22.8. The number of allylic oxidation sites excluding steroid dienone is 4. The number of nitrogens with one attached hydrogen (secondary N) is 1. The van der Waals surface area contributed by atoms with Gasteiger partial charge in [-0.2, -0.15) is 0 Å². The molecule has 6 heteroatoms. The molecule has 3 heterocycles. The van der Waals surface area contributed by atoms with E-state index in [2.05, 4.69) is 59.6 Å². The SMILES string of the molecule is C=C/C(=C\C=C(/CC)c1ncc(CC)c(NCCCN2CCCC2)n1)N1CCN(C)CC1. The van der Waals surface area contributed by atoms with Crippen LogP contribution in [0.25, 0.3) is 5.57 Å². The molecule has 0 spiro atoms. The quantitative estimate of drug-likeness (QED) is 0.415. The fraction of sp³-hybridized carbons (Fsp3) is 0.615. The first-order chi connectivity index (χ1) is 15.6. The van der Waals surface area contributed by atoms with Crippen molar-refractivity contribution < 1.29 is 0 Å². The summed E-state index contributed by atoms with van der Waals surface area (Å²) in [6.07, 6.45) is 14.0. The topological polar surface area (TPSA) is 47.5 Å². The van der Waals surface area contributed by atoms with Crippen molar-refractivity contribution in [2.45, 2.75) is 46.0 Å². The molecule has 2 aliphatic rings. The number of rotatable bonds is 11. The number of aromatic nitrogens is 2. The van der Waals surface area contributed by atoms with Crippen molar-refractivity contribution in [3.63, 3.8) is 0 Å². The number of nitrogens with zero attached hydrogens (tertiary/aromatic N) is 5. The molecule has 1 N–H and O–H groups in total. The molecule has 2 saturated heterocycles. The molecule has 6 nitrogen and oxygen atoms in total. The Morgan fingerprint density at radius 1 is 1.09 bits per heavy atom. The number of hydrogen-bond donors (Lipinski definition) is 1. The highest BCUT2D eigenvalue weighted by Crippen LogP contribution is 2.20. The zero-order valence-electron chi connectivity index (χ0n) is 20.4. The molecule has 0 bridgehead atoms. The van der Waals surface area contributed by atoms with E-state index in [1.807, 2.05) is 12.3 Å². The smallest absolute Gasteiger partial charge is 0.157 e. The molecule has 0 amide bonds. The summed E-state index contributed by atoms with van der Waals surface area (Å²) >= 11 is 0. The minimum Gasteiger partial charge on any atom is -0.370 e. The minimum absolute atomic E-state index is 0.824. The van der Waals surface area contributed by atoms with Gasteiger partial charge in [-0.05, 0) is 76.5 Å². The molecule has 1 aromatic heterocycles. The van der Waals surface area contributed by atoms with Crippen molar-refractivity contribution in [3.05, 3.63) is 48.1 Å². The van der Waals surface area contributed by atoms with Gasteiger partial charge in [-0.15, -0.1) is 0 Å². The molecule has 2 fully saturated rings. The van der Waals surface area contributed by atoms with Gasteiger partial charge in [0.1, 0.15) is 5.82 Å². The van der Waals surface area contributed by atoms with Crippen LogP contribution in [0.4, 0.5) is 5.82 Å². The number of anilines is 1. The Kier molecular flexibility index (Phi) is 9.75. The summed E-state index contributed by atoms with van der Waals surface area (Å²) in [4.78, 5) is 17.0. The van der Waals surface area contributed by atoms with Crippen molar-refractivity contribution in [3.8, 4) is 0 Å². The Balaban J connectivity index is 1.67. The number of aryl methyl sites for hydroxylation is 1. The van der Waals surface area contributed by atoms with Crippen molar-refractivity contribution in [1.82, 2.24) is 24.7 Å². The third-order valence-corrected chi connectivity index (χ3v) is 6.59. The number of likely N-dealkylation sites (N-methyl/N-ethyl adjacent to an activating group) is 1. The van der Waals surface area contributed by atoms with Gasteiger partial charge in [0.15, 0.2) is 5.82 Å². The predicted molar refractivity (Wildman–Crippen MR) is 136 cm³/mol. The van der Waals surface area contributed by atoms with Crippen molar-refractivity contribution in [2.75, 3.05) is 64.7 Å². The van der Waals surface area contributed by atoms with E-state index in [4.69, 9.17) is 9.97 Å². The lowest BCUT2D eigenvalue weighted by Crippen LogP contribution is -2.43. The Labute approximate surface area is 195 Å². The average molecular weight is 439 g/mol. The molecule has 32 heavy (non-hydrogen) atoms. The lowest BCUT2D eigenvalue weighted by molar-refractivity contribution is 0.190. The van der Waals surface area contributed by atoms with Gasteiger partial charge in [-0.3, -0.25) is 0 Å². The van der Waals surface area contributed by atoms with Crippen molar-refractivity contribution in [2.24, 2.45) is 0 Å². The highest BCUT2D eigenvalue weighted by molar-refractivity contribution is 5.63. The lowest BCUT2D eigenvalue weighted by atomic mass is 10.1. The molecular formula is C26H42N6. The van der Waals surface area contributed by atoms with E-state index in [9.17, 15) is 0 Å². The van der Waals surface area contributed by atoms with E-state index in [-0.39, 0.29) is 0 Å². The van der Waals surface area contributed by atoms with E-state index in [1.165, 1.54) is 43.7 Å². The van der Waals surface area contributed by atoms with E-state index < -0.39 is 0 Å². The van der Waals surface area contributed by atoms with Gasteiger partial charge < -0.3 is 20.0 Å². The standard InChI is InChI=1S/C26H42N6/c1-5-22(11-12-24(7-3)32-19-17-30(4)18-20-32)25-28-21-23(6-2)26(29-25)27-13-10-16-31-14-8-9-15-31/h7,11-12,21H,3,5-6,8-10,13-20H2,1-2,4H3,(H,27,28,29)/b22-11+,24-12+. The molecule has 1 aromatic rings. The van der Waals surface area contributed by atoms with Crippen LogP contribution in [-0.2, 0) is 6.42 Å². The first-order valence-electron chi connectivity index (χ1n) is 12.4. The summed E-state index contributed by atoms with van der Waals surface area (Å²) < 4.78 is 0. The molecular weight excluding hydrogens is 396 g/mol. The van der Waals surface area contributed by atoms with Crippen molar-refractivity contribution >= 4 is 11.4 Å². The fourth-order valence-corrected chi connectivity index (χ4v) is 4.39. The molecule has 3 rings (SSSR count). The second-order valence-electron chi connectivity index (χ2n) is 8.88. The van der Waals surface area contributed by atoms with E-state index in [0.717, 1.165) is 69.2 Å². The van der Waals surface area contributed by atoms with Crippen LogP contribution in [0.2, 0.25) is 0 Å². The molecule has 176 valence electrons. The maximum Gasteiger partial charge on any atom is 0.157 e. The fourth-order valence-electron chi connectivity index (χ4n) is 4.39. The Bertz CT molecular complexity index is 786. The van der Waals surface area contributed by atoms with Crippen LogP contribution in [-0.4, -0.2) is 84.1 Å². The zero-order valence-corrected chi connectivity index (χ0v) is 20.4. The molecule has 0 radical (unpaired) electrons. The second kappa shape index (κ2) is 12.8. The summed E-state index contributed by atoms with van der Waals surface area (Å²) in [7, 11) is 2.18. The second-order valence-corrected chi connectivity index (χ2v) is 8.88. The normalized spacial score (nSPS) is 18.9. The third kappa shape index (κ3) is 6.91.